The molecule has 2 atom stereocenters. The van der Waals surface area contributed by atoms with Gasteiger partial charge in [-0.15, -0.1) is 0 Å². The molecule has 2 heterocycles. The van der Waals surface area contributed by atoms with Crippen LogP contribution in [0.3, 0.4) is 0 Å². The number of primary amides is 1. The molecular formula is C17H18N2O3. The van der Waals surface area contributed by atoms with E-state index in [4.69, 9.17) is 15.2 Å². The molecule has 1 aliphatic heterocycles. The second-order valence-electron chi connectivity index (χ2n) is 5.34. The average molecular weight is 298 g/mol. The largest absolute Gasteiger partial charge is 0.444 e. The lowest BCUT2D eigenvalue weighted by Crippen LogP contribution is -2.30. The Morgan fingerprint density at radius 1 is 1.41 bits per heavy atom. The summed E-state index contributed by atoms with van der Waals surface area (Å²) in [5, 5.41) is 0. The van der Waals surface area contributed by atoms with Gasteiger partial charge in [-0.2, -0.15) is 0 Å². The zero-order valence-corrected chi connectivity index (χ0v) is 12.4. The van der Waals surface area contributed by atoms with Crippen molar-refractivity contribution in [1.29, 1.82) is 0 Å². The number of aromatic nitrogens is 1. The topological polar surface area (TPSA) is 74.4 Å². The number of benzene rings is 1. The minimum Gasteiger partial charge on any atom is -0.444 e. The highest BCUT2D eigenvalue weighted by molar-refractivity contribution is 5.65. The van der Waals surface area contributed by atoms with Gasteiger partial charge >= 0.3 is 6.09 Å². The molecule has 5 nitrogen and oxygen atoms in total. The Morgan fingerprint density at radius 3 is 3.00 bits per heavy atom. The van der Waals surface area contributed by atoms with Gasteiger partial charge in [-0.05, 0) is 47.7 Å². The molecule has 1 aliphatic rings. The predicted octanol–water partition coefficient (Wildman–Crippen LogP) is 2.85. The third-order valence-corrected chi connectivity index (χ3v) is 3.84. The van der Waals surface area contributed by atoms with Crippen molar-refractivity contribution in [1.82, 2.24) is 4.98 Å². The fourth-order valence-corrected chi connectivity index (χ4v) is 2.82. The smallest absolute Gasteiger partial charge is 0.404 e. The first kappa shape index (κ1) is 14.5. The molecule has 0 spiro atoms. The van der Waals surface area contributed by atoms with Crippen molar-refractivity contribution in [2.45, 2.75) is 25.6 Å². The van der Waals surface area contributed by atoms with E-state index in [-0.39, 0.29) is 6.10 Å². The Hall–Kier alpha value is -2.40. The third-order valence-electron chi connectivity index (χ3n) is 3.84. The number of carbonyl (C=O) groups excluding carboxylic acids is 1. The van der Waals surface area contributed by atoms with E-state index in [0.717, 1.165) is 23.1 Å². The summed E-state index contributed by atoms with van der Waals surface area (Å²) < 4.78 is 10.9. The fourth-order valence-electron chi connectivity index (χ4n) is 2.82. The van der Waals surface area contributed by atoms with Gasteiger partial charge in [0.1, 0.15) is 12.2 Å². The molecule has 1 aromatic carbocycles. The third kappa shape index (κ3) is 2.94. The average Bonchev–Trinajstić information content (AvgIpc) is 2.54. The summed E-state index contributed by atoms with van der Waals surface area (Å²) in [6, 6.07) is 10.2. The van der Waals surface area contributed by atoms with Crippen LogP contribution in [0.4, 0.5) is 4.79 Å². The number of nitrogens with zero attached hydrogens (tertiary/aromatic N) is 1. The zero-order chi connectivity index (χ0) is 15.5. The van der Waals surface area contributed by atoms with Crippen LogP contribution in [0.1, 0.15) is 24.2 Å². The van der Waals surface area contributed by atoms with Crippen molar-refractivity contribution in [2.24, 2.45) is 5.73 Å². The SMILES string of the molecule is CC(OC(N)=O)C1OCCc2ccc(-c3cccnc3)cc21. The van der Waals surface area contributed by atoms with Crippen LogP contribution in [0.2, 0.25) is 0 Å². The van der Waals surface area contributed by atoms with Gasteiger partial charge in [-0.3, -0.25) is 4.98 Å². The number of carbonyl (C=O) groups is 1. The molecule has 5 heteroatoms. The van der Waals surface area contributed by atoms with Crippen molar-refractivity contribution < 1.29 is 14.3 Å². The maximum atomic E-state index is 11.0. The van der Waals surface area contributed by atoms with Gasteiger partial charge in [0, 0.05) is 12.4 Å². The number of nitrogens with two attached hydrogens (primary N) is 1. The number of hydrogen-bond acceptors (Lipinski definition) is 4. The summed E-state index contributed by atoms with van der Waals surface area (Å²) in [6.07, 6.45) is 2.91. The minimum absolute atomic E-state index is 0.298. The molecule has 0 bridgehead atoms. The van der Waals surface area contributed by atoms with Crippen molar-refractivity contribution in [3.8, 4) is 11.1 Å². The molecular weight excluding hydrogens is 280 g/mol. The highest BCUT2D eigenvalue weighted by Crippen LogP contribution is 2.34. The van der Waals surface area contributed by atoms with Gasteiger partial charge in [0.25, 0.3) is 0 Å². The molecule has 1 amide bonds. The molecule has 2 aromatic rings. The maximum absolute atomic E-state index is 11.0. The van der Waals surface area contributed by atoms with Gasteiger partial charge < -0.3 is 15.2 Å². The lowest BCUT2D eigenvalue weighted by atomic mass is 9.91. The summed E-state index contributed by atoms with van der Waals surface area (Å²) >= 11 is 0. The van der Waals surface area contributed by atoms with Crippen molar-refractivity contribution in [3.05, 3.63) is 53.9 Å². The summed E-state index contributed by atoms with van der Waals surface area (Å²) in [4.78, 5) is 15.1. The Kier molecular flexibility index (Phi) is 4.06. The van der Waals surface area contributed by atoms with E-state index in [1.165, 1.54) is 5.56 Å². The first-order valence-electron chi connectivity index (χ1n) is 7.26. The number of hydrogen-bond donors (Lipinski definition) is 1. The van der Waals surface area contributed by atoms with Crippen molar-refractivity contribution >= 4 is 6.09 Å². The lowest BCUT2D eigenvalue weighted by molar-refractivity contribution is -0.0432. The number of fused-ring (bicyclic) bond motifs is 1. The van der Waals surface area contributed by atoms with Gasteiger partial charge in [0.2, 0.25) is 0 Å². The molecule has 2 unspecified atom stereocenters. The summed E-state index contributed by atoms with van der Waals surface area (Å²) in [6.45, 7) is 2.40. The summed E-state index contributed by atoms with van der Waals surface area (Å²) in [5.74, 6) is 0. The predicted molar refractivity (Wildman–Crippen MR) is 82.2 cm³/mol. The van der Waals surface area contributed by atoms with E-state index in [0.29, 0.717) is 6.61 Å². The Balaban J connectivity index is 1.96. The maximum Gasteiger partial charge on any atom is 0.404 e. The van der Waals surface area contributed by atoms with Gasteiger partial charge in [-0.25, -0.2) is 4.79 Å². The highest BCUT2D eigenvalue weighted by atomic mass is 16.6. The van der Waals surface area contributed by atoms with Crippen LogP contribution in [-0.4, -0.2) is 23.8 Å². The van der Waals surface area contributed by atoms with Crippen molar-refractivity contribution in [2.75, 3.05) is 6.61 Å². The Bertz CT molecular complexity index is 673. The Morgan fingerprint density at radius 2 is 2.27 bits per heavy atom. The summed E-state index contributed by atoms with van der Waals surface area (Å²) in [5.41, 5.74) is 9.47. The van der Waals surface area contributed by atoms with Crippen LogP contribution in [0.15, 0.2) is 42.7 Å². The zero-order valence-electron chi connectivity index (χ0n) is 12.4. The molecule has 0 fully saturated rings. The molecule has 0 aliphatic carbocycles. The first-order chi connectivity index (χ1) is 10.6. The van der Waals surface area contributed by atoms with E-state index >= 15 is 0 Å². The molecule has 1 aromatic heterocycles. The van der Waals surface area contributed by atoms with Crippen LogP contribution in [-0.2, 0) is 15.9 Å². The van der Waals surface area contributed by atoms with Crippen LogP contribution in [0.25, 0.3) is 11.1 Å². The molecule has 0 radical (unpaired) electrons. The number of rotatable bonds is 3. The summed E-state index contributed by atoms with van der Waals surface area (Å²) in [7, 11) is 0. The molecule has 114 valence electrons. The van der Waals surface area contributed by atoms with Crippen LogP contribution in [0.5, 0.6) is 0 Å². The first-order valence-corrected chi connectivity index (χ1v) is 7.26. The second-order valence-corrected chi connectivity index (χ2v) is 5.34. The van der Waals surface area contributed by atoms with E-state index in [2.05, 4.69) is 23.2 Å². The van der Waals surface area contributed by atoms with E-state index < -0.39 is 12.2 Å². The van der Waals surface area contributed by atoms with Crippen molar-refractivity contribution in [3.63, 3.8) is 0 Å². The molecule has 0 saturated heterocycles. The standard InChI is InChI=1S/C17H18N2O3/c1-11(22-17(18)20)16-15-9-13(14-3-2-7-19-10-14)5-4-12(15)6-8-21-16/h2-5,7,9-11,16H,6,8H2,1H3,(H2,18,20). The van der Waals surface area contributed by atoms with Crippen LogP contribution >= 0.6 is 0 Å². The molecule has 0 saturated carbocycles. The molecule has 3 rings (SSSR count). The Labute approximate surface area is 129 Å². The van der Waals surface area contributed by atoms with Crippen LogP contribution in [0, 0.1) is 0 Å². The quantitative estimate of drug-likeness (QED) is 0.945. The normalized spacial score (nSPS) is 18.3. The highest BCUT2D eigenvalue weighted by Gasteiger charge is 2.28. The molecule has 22 heavy (non-hydrogen) atoms. The van der Waals surface area contributed by atoms with Gasteiger partial charge in [-0.1, -0.05) is 18.2 Å². The molecule has 2 N–H and O–H groups in total. The van der Waals surface area contributed by atoms with Crippen LogP contribution < -0.4 is 5.73 Å². The fraction of sp³-hybridized carbons (Fsp3) is 0.294. The van der Waals surface area contributed by atoms with E-state index in [1.54, 1.807) is 13.1 Å². The number of ether oxygens (including phenoxy) is 2. The van der Waals surface area contributed by atoms with Gasteiger partial charge in [0.15, 0.2) is 0 Å². The van der Waals surface area contributed by atoms with E-state index in [9.17, 15) is 4.79 Å². The van der Waals surface area contributed by atoms with E-state index in [1.807, 2.05) is 18.3 Å². The monoisotopic (exact) mass is 298 g/mol. The minimum atomic E-state index is -0.786. The number of amides is 1. The second kappa shape index (κ2) is 6.15. The van der Waals surface area contributed by atoms with Gasteiger partial charge in [0.05, 0.1) is 6.61 Å². The number of pyridine rings is 1. The lowest BCUT2D eigenvalue weighted by Gasteiger charge is -2.30.